The number of aliphatic hydroxyl groups is 1. The Labute approximate surface area is 337 Å². The zero-order chi connectivity index (χ0) is 42.2. The molecule has 0 unspecified atom stereocenters. The number of hydrogen-bond acceptors (Lipinski definition) is 11. The molecule has 308 valence electrons. The highest BCUT2D eigenvalue weighted by Gasteiger charge is 2.30. The summed E-state index contributed by atoms with van der Waals surface area (Å²) in [5.41, 5.74) is 7.48. The van der Waals surface area contributed by atoms with Crippen molar-refractivity contribution in [2.24, 2.45) is 17.6 Å². The summed E-state index contributed by atoms with van der Waals surface area (Å²) in [4.78, 5) is 75.5. The van der Waals surface area contributed by atoms with Crippen molar-refractivity contribution >= 4 is 40.7 Å². The van der Waals surface area contributed by atoms with Crippen LogP contribution in [0.2, 0.25) is 0 Å². The third-order valence-corrected chi connectivity index (χ3v) is 9.08. The molecule has 7 N–H and O–H groups in total. The van der Waals surface area contributed by atoms with E-state index >= 15 is 0 Å². The number of fused-ring (bicyclic) bond motifs is 1. The SMILES string of the molecule is CC(C)C[C@H](NC(=O)C[C@H](O)[C@H](CC(C)C)NC(=O)[C@H](Cc1ccccc1)NC(=O)CCCCNC(=O)c1ccc(On2nnc3cccnc32)c(C#N)c1)C(N)=O. The highest BCUT2D eigenvalue weighted by Crippen LogP contribution is 2.21. The molecule has 58 heavy (non-hydrogen) atoms. The van der Waals surface area contributed by atoms with Gasteiger partial charge in [-0.25, -0.2) is 4.98 Å². The van der Waals surface area contributed by atoms with Gasteiger partial charge in [-0.15, -0.1) is 5.10 Å². The normalized spacial score (nSPS) is 13.2. The number of carbonyl (C=O) groups is 5. The molecule has 4 aromatic rings. The Morgan fingerprint density at radius 1 is 0.897 bits per heavy atom. The van der Waals surface area contributed by atoms with Gasteiger partial charge in [-0.1, -0.05) is 62.9 Å². The molecule has 0 aliphatic heterocycles. The zero-order valence-electron chi connectivity index (χ0n) is 33.2. The number of carbonyl (C=O) groups excluding carboxylic acids is 5. The summed E-state index contributed by atoms with van der Waals surface area (Å²) in [5.74, 6) is -2.28. The van der Waals surface area contributed by atoms with Gasteiger partial charge in [0.05, 0.1) is 24.1 Å². The Morgan fingerprint density at radius 3 is 2.31 bits per heavy atom. The highest BCUT2D eigenvalue weighted by molar-refractivity contribution is 5.95. The van der Waals surface area contributed by atoms with Crippen LogP contribution in [0.3, 0.4) is 0 Å². The van der Waals surface area contributed by atoms with Crippen molar-refractivity contribution < 1.29 is 33.9 Å². The van der Waals surface area contributed by atoms with Gasteiger partial charge in [-0.2, -0.15) is 5.26 Å². The average Bonchev–Trinajstić information content (AvgIpc) is 3.59. The minimum atomic E-state index is -1.28. The summed E-state index contributed by atoms with van der Waals surface area (Å²) in [5, 5.41) is 39.8. The number of benzene rings is 2. The fourth-order valence-corrected chi connectivity index (χ4v) is 6.18. The van der Waals surface area contributed by atoms with Crippen molar-refractivity contribution in [2.45, 2.75) is 96.9 Å². The third kappa shape index (κ3) is 13.7. The summed E-state index contributed by atoms with van der Waals surface area (Å²) in [7, 11) is 0. The fourth-order valence-electron chi connectivity index (χ4n) is 6.18. The number of unbranched alkanes of at least 4 members (excludes halogenated alkanes) is 1. The Bertz CT molecular complexity index is 2060. The molecule has 5 amide bonds. The van der Waals surface area contributed by atoms with Crippen LogP contribution in [0.4, 0.5) is 0 Å². The molecule has 0 aliphatic rings. The van der Waals surface area contributed by atoms with E-state index in [0.29, 0.717) is 36.8 Å². The number of aliphatic hydroxyl groups excluding tert-OH is 1. The van der Waals surface area contributed by atoms with Crippen LogP contribution in [0.5, 0.6) is 5.75 Å². The number of nitrogens with zero attached hydrogens (tertiary/aromatic N) is 5. The predicted molar refractivity (Wildman–Crippen MR) is 213 cm³/mol. The van der Waals surface area contributed by atoms with Crippen LogP contribution in [-0.2, 0) is 25.6 Å². The molecule has 0 aliphatic carbocycles. The van der Waals surface area contributed by atoms with Crippen molar-refractivity contribution in [1.82, 2.24) is 41.4 Å². The van der Waals surface area contributed by atoms with Crippen molar-refractivity contribution in [3.63, 3.8) is 0 Å². The first-order valence-electron chi connectivity index (χ1n) is 19.3. The second-order valence-corrected chi connectivity index (χ2v) is 14.9. The van der Waals surface area contributed by atoms with E-state index in [9.17, 15) is 34.3 Å². The number of amides is 5. The van der Waals surface area contributed by atoms with Gasteiger partial charge in [0.2, 0.25) is 29.3 Å². The van der Waals surface area contributed by atoms with E-state index in [-0.39, 0.29) is 60.4 Å². The number of nitriles is 1. The smallest absolute Gasteiger partial charge is 0.251 e. The van der Waals surface area contributed by atoms with E-state index in [1.165, 1.54) is 18.2 Å². The van der Waals surface area contributed by atoms with E-state index in [1.54, 1.807) is 18.3 Å². The van der Waals surface area contributed by atoms with Crippen LogP contribution < -0.4 is 31.8 Å². The summed E-state index contributed by atoms with van der Waals surface area (Å²) >= 11 is 0. The van der Waals surface area contributed by atoms with Crippen LogP contribution >= 0.6 is 0 Å². The van der Waals surface area contributed by atoms with Gasteiger partial charge < -0.3 is 36.9 Å². The Hall–Kier alpha value is -6.41. The number of rotatable bonds is 22. The lowest BCUT2D eigenvalue weighted by Crippen LogP contribution is -2.54. The second kappa shape index (κ2) is 21.8. The molecule has 0 saturated heterocycles. The maximum absolute atomic E-state index is 13.8. The van der Waals surface area contributed by atoms with Crippen molar-refractivity contribution in [3.8, 4) is 11.8 Å². The molecule has 4 atom stereocenters. The third-order valence-electron chi connectivity index (χ3n) is 9.08. The quantitative estimate of drug-likeness (QED) is 0.0630. The maximum Gasteiger partial charge on any atom is 0.251 e. The van der Waals surface area contributed by atoms with E-state index < -0.39 is 47.9 Å². The number of nitrogens with one attached hydrogen (secondary N) is 4. The van der Waals surface area contributed by atoms with Crippen molar-refractivity contribution in [3.05, 3.63) is 83.6 Å². The number of aromatic nitrogens is 4. The largest absolute Gasteiger partial charge is 0.390 e. The fraction of sp³-hybridized carbons (Fsp3) is 0.439. The minimum Gasteiger partial charge on any atom is -0.390 e. The van der Waals surface area contributed by atoms with Gasteiger partial charge >= 0.3 is 0 Å². The second-order valence-electron chi connectivity index (χ2n) is 14.9. The Balaban J connectivity index is 1.30. The molecular weight excluding hydrogens is 745 g/mol. The van der Waals surface area contributed by atoms with Crippen LogP contribution in [0.15, 0.2) is 66.9 Å². The summed E-state index contributed by atoms with van der Waals surface area (Å²) in [6, 6.07) is 16.3. The maximum atomic E-state index is 13.8. The molecule has 4 rings (SSSR count). The standard InChI is InChI=1S/C41H52N10O7/c1-25(2)19-31(34(52)23-37(54)46-32(38(43)55)20-26(3)4)48-41(57)33(21-27-11-6-5-7-12-27)47-36(53)14-8-9-17-45-40(56)28-15-16-35(29(22-28)24-42)58-51-39-30(49-50-51)13-10-18-44-39/h5-7,10-13,15-16,18,22,25-26,31-34,52H,8-9,14,17,19-21,23H2,1-4H3,(H2,43,55)(H,45,56)(H,46,54)(H,47,53)(H,48,57)/t31-,32-,33-,34-/m0/s1. The topological polar surface area (TPSA) is 256 Å². The molecule has 2 aromatic heterocycles. The first-order valence-corrected chi connectivity index (χ1v) is 19.3. The van der Waals surface area contributed by atoms with Crippen molar-refractivity contribution in [1.29, 1.82) is 5.26 Å². The van der Waals surface area contributed by atoms with Crippen LogP contribution in [-0.4, -0.2) is 85.6 Å². The van der Waals surface area contributed by atoms with E-state index in [1.807, 2.05) is 64.1 Å². The lowest BCUT2D eigenvalue weighted by molar-refractivity contribution is -0.131. The van der Waals surface area contributed by atoms with Crippen LogP contribution in [0.25, 0.3) is 11.2 Å². The van der Waals surface area contributed by atoms with E-state index in [2.05, 4.69) is 36.6 Å². The monoisotopic (exact) mass is 796 g/mol. The Kier molecular flexibility index (Phi) is 16.6. The van der Waals surface area contributed by atoms with Gasteiger partial charge in [0.15, 0.2) is 5.75 Å². The zero-order valence-corrected chi connectivity index (χ0v) is 33.2. The lowest BCUT2D eigenvalue weighted by atomic mass is 9.95. The molecule has 17 nitrogen and oxygen atoms in total. The van der Waals surface area contributed by atoms with Gasteiger partial charge in [0.1, 0.15) is 23.7 Å². The number of nitrogens with two attached hydrogens (primary N) is 1. The van der Waals surface area contributed by atoms with Gasteiger partial charge in [0, 0.05) is 31.1 Å². The number of hydrogen-bond donors (Lipinski definition) is 6. The first kappa shape index (κ1) is 44.3. The molecule has 0 saturated carbocycles. The molecular formula is C41H52N10O7. The predicted octanol–water partition coefficient (Wildman–Crippen LogP) is 2.47. The van der Waals surface area contributed by atoms with Crippen molar-refractivity contribution in [2.75, 3.05) is 6.54 Å². The molecule has 2 aromatic carbocycles. The van der Waals surface area contributed by atoms with E-state index in [4.69, 9.17) is 10.6 Å². The van der Waals surface area contributed by atoms with Gasteiger partial charge in [-0.3, -0.25) is 24.0 Å². The summed E-state index contributed by atoms with van der Waals surface area (Å²) in [6.07, 6.45) is 1.69. The average molecular weight is 797 g/mol. The van der Waals surface area contributed by atoms with Gasteiger partial charge in [-0.05, 0) is 78.6 Å². The molecule has 0 spiro atoms. The summed E-state index contributed by atoms with van der Waals surface area (Å²) in [6.45, 7) is 7.87. The van der Waals surface area contributed by atoms with E-state index in [0.717, 1.165) is 10.4 Å². The molecule has 2 heterocycles. The molecule has 17 heteroatoms. The summed E-state index contributed by atoms with van der Waals surface area (Å²) < 4.78 is 0. The highest BCUT2D eigenvalue weighted by atomic mass is 16.7. The lowest BCUT2D eigenvalue weighted by Gasteiger charge is -2.28. The van der Waals surface area contributed by atoms with Crippen LogP contribution in [0.1, 0.15) is 87.7 Å². The first-order chi connectivity index (χ1) is 27.7. The minimum absolute atomic E-state index is 0.0380. The van der Waals surface area contributed by atoms with Crippen LogP contribution in [0, 0.1) is 23.2 Å². The molecule has 0 fully saturated rings. The number of primary amides is 1. The Morgan fingerprint density at radius 2 is 1.62 bits per heavy atom. The molecule has 0 bridgehead atoms. The number of pyridine rings is 1. The van der Waals surface area contributed by atoms with Gasteiger partial charge in [0.25, 0.3) is 5.91 Å². The molecule has 0 radical (unpaired) electrons.